The molecule has 3 aromatic rings. The first-order valence-corrected chi connectivity index (χ1v) is 10.7. The lowest BCUT2D eigenvalue weighted by Crippen LogP contribution is -2.31. The number of hydrogen-bond acceptors (Lipinski definition) is 5. The van der Waals surface area contributed by atoms with Crippen molar-refractivity contribution in [3.8, 4) is 0 Å². The number of fused-ring (bicyclic) bond motifs is 1. The van der Waals surface area contributed by atoms with E-state index in [2.05, 4.69) is 5.32 Å². The Morgan fingerprint density at radius 1 is 1.11 bits per heavy atom. The monoisotopic (exact) mass is 399 g/mol. The molecule has 1 N–H and O–H groups in total. The fourth-order valence-electron chi connectivity index (χ4n) is 2.81. The maximum absolute atomic E-state index is 12.1. The zero-order valence-corrected chi connectivity index (χ0v) is 16.6. The lowest BCUT2D eigenvalue weighted by Gasteiger charge is -2.16. The van der Waals surface area contributed by atoms with E-state index in [1.807, 2.05) is 66.9 Å². The summed E-state index contributed by atoms with van der Waals surface area (Å²) >= 11 is 3.15. The van der Waals surface area contributed by atoms with Gasteiger partial charge in [0.2, 0.25) is 0 Å². The number of hydrogen-bond donors (Lipinski definition) is 1. The minimum Gasteiger partial charge on any atom is -0.455 e. The average Bonchev–Trinajstić information content (AvgIpc) is 3.19. The number of benzene rings is 2. The molecule has 0 fully saturated rings. The quantitative estimate of drug-likeness (QED) is 0.565. The van der Waals surface area contributed by atoms with Crippen LogP contribution in [0.4, 0.5) is 0 Å². The molecule has 0 aliphatic rings. The Morgan fingerprint density at radius 3 is 2.74 bits per heavy atom. The number of thiophene rings is 1. The number of thioether (sulfide) groups is 1. The molecule has 1 amide bonds. The summed E-state index contributed by atoms with van der Waals surface area (Å²) < 4.78 is 5.08. The van der Waals surface area contributed by atoms with Gasteiger partial charge >= 0.3 is 5.97 Å². The third-order valence-electron chi connectivity index (χ3n) is 4.08. The zero-order valence-electron chi connectivity index (χ0n) is 15.0. The second-order valence-electron chi connectivity index (χ2n) is 6.09. The fourth-order valence-corrected chi connectivity index (χ4v) is 4.47. The molecule has 2 aromatic carbocycles. The van der Waals surface area contributed by atoms with Crippen molar-refractivity contribution in [3.05, 3.63) is 70.4 Å². The van der Waals surface area contributed by atoms with Crippen LogP contribution in [0.25, 0.3) is 10.8 Å². The summed E-state index contributed by atoms with van der Waals surface area (Å²) in [7, 11) is 0. The highest BCUT2D eigenvalue weighted by Crippen LogP contribution is 2.24. The van der Waals surface area contributed by atoms with E-state index < -0.39 is 0 Å². The highest BCUT2D eigenvalue weighted by Gasteiger charge is 2.14. The second kappa shape index (κ2) is 9.58. The minimum absolute atomic E-state index is 0.171. The van der Waals surface area contributed by atoms with Crippen molar-refractivity contribution in [2.24, 2.45) is 0 Å². The van der Waals surface area contributed by atoms with Crippen LogP contribution in [0.1, 0.15) is 23.4 Å². The van der Waals surface area contributed by atoms with E-state index in [1.165, 1.54) is 16.6 Å². The summed E-state index contributed by atoms with van der Waals surface area (Å²) in [5, 5.41) is 7.15. The molecule has 0 bridgehead atoms. The van der Waals surface area contributed by atoms with E-state index in [0.29, 0.717) is 0 Å². The van der Waals surface area contributed by atoms with Crippen LogP contribution in [0, 0.1) is 0 Å². The first-order chi connectivity index (χ1) is 13.1. The fraction of sp³-hybridized carbons (Fsp3) is 0.238. The first kappa shape index (κ1) is 19.5. The molecule has 6 heteroatoms. The molecule has 27 heavy (non-hydrogen) atoms. The van der Waals surface area contributed by atoms with Gasteiger partial charge in [-0.05, 0) is 34.7 Å². The Morgan fingerprint density at radius 2 is 1.93 bits per heavy atom. The molecule has 0 aliphatic carbocycles. The van der Waals surface area contributed by atoms with Gasteiger partial charge in [0.25, 0.3) is 5.91 Å². The van der Waals surface area contributed by atoms with Gasteiger partial charge < -0.3 is 10.1 Å². The van der Waals surface area contributed by atoms with Crippen molar-refractivity contribution in [1.29, 1.82) is 0 Å². The summed E-state index contributed by atoms with van der Waals surface area (Å²) in [6.07, 6.45) is 0. The number of esters is 1. The van der Waals surface area contributed by atoms with Crippen LogP contribution < -0.4 is 5.32 Å². The molecule has 1 atom stereocenters. The molecule has 4 nitrogen and oxygen atoms in total. The summed E-state index contributed by atoms with van der Waals surface area (Å²) in [5.74, 6) is 0.345. The van der Waals surface area contributed by atoms with Gasteiger partial charge in [-0.1, -0.05) is 48.5 Å². The third-order valence-corrected chi connectivity index (χ3v) is 6.09. The van der Waals surface area contributed by atoms with Crippen molar-refractivity contribution in [3.63, 3.8) is 0 Å². The van der Waals surface area contributed by atoms with Gasteiger partial charge in [0, 0.05) is 10.6 Å². The summed E-state index contributed by atoms with van der Waals surface area (Å²) in [6.45, 7) is 1.67. The van der Waals surface area contributed by atoms with Gasteiger partial charge in [0.05, 0.1) is 11.8 Å². The summed E-state index contributed by atoms with van der Waals surface area (Å²) in [6, 6.07) is 17.9. The highest BCUT2D eigenvalue weighted by molar-refractivity contribution is 7.99. The molecule has 1 aromatic heterocycles. The molecule has 0 saturated carbocycles. The Labute approximate surface area is 166 Å². The SMILES string of the molecule is C[C@@H](NC(=O)COC(=O)CSCc1cccs1)c1cccc2ccccc12. The largest absolute Gasteiger partial charge is 0.455 e. The molecule has 140 valence electrons. The summed E-state index contributed by atoms with van der Waals surface area (Å²) in [4.78, 5) is 25.1. The topological polar surface area (TPSA) is 55.4 Å². The second-order valence-corrected chi connectivity index (χ2v) is 8.11. The van der Waals surface area contributed by atoms with Crippen molar-refractivity contribution >= 4 is 45.7 Å². The maximum atomic E-state index is 12.1. The molecule has 0 radical (unpaired) electrons. The predicted molar refractivity (Wildman–Crippen MR) is 112 cm³/mol. The number of carbonyl (C=O) groups excluding carboxylic acids is 2. The molecular formula is C21H21NO3S2. The number of carbonyl (C=O) groups is 2. The number of ether oxygens (including phenoxy) is 1. The first-order valence-electron chi connectivity index (χ1n) is 8.66. The maximum Gasteiger partial charge on any atom is 0.316 e. The Hall–Kier alpha value is -2.31. The smallest absolute Gasteiger partial charge is 0.316 e. The van der Waals surface area contributed by atoms with Gasteiger partial charge in [-0.25, -0.2) is 0 Å². The lowest BCUT2D eigenvalue weighted by atomic mass is 10.00. The number of rotatable bonds is 8. The van der Waals surface area contributed by atoms with Crippen LogP contribution in [-0.2, 0) is 20.1 Å². The molecule has 0 unspecified atom stereocenters. The van der Waals surface area contributed by atoms with Gasteiger partial charge in [0.1, 0.15) is 0 Å². The molecule has 0 spiro atoms. The van der Waals surface area contributed by atoms with E-state index in [0.717, 1.165) is 22.1 Å². The molecule has 0 aliphatic heterocycles. The van der Waals surface area contributed by atoms with Crippen LogP contribution in [0.15, 0.2) is 60.0 Å². The van der Waals surface area contributed by atoms with E-state index in [4.69, 9.17) is 4.74 Å². The molecule has 3 rings (SSSR count). The van der Waals surface area contributed by atoms with Gasteiger partial charge in [-0.3, -0.25) is 9.59 Å². The van der Waals surface area contributed by atoms with Crippen LogP contribution in [0.3, 0.4) is 0 Å². The number of nitrogens with one attached hydrogen (secondary N) is 1. The molecular weight excluding hydrogens is 378 g/mol. The van der Waals surface area contributed by atoms with Gasteiger partial charge in [0.15, 0.2) is 6.61 Å². The average molecular weight is 400 g/mol. The molecule has 0 saturated heterocycles. The standard InChI is InChI=1S/C21H21NO3S2/c1-15(18-10-4-7-16-6-2-3-9-19(16)18)22-20(23)12-25-21(24)14-26-13-17-8-5-11-27-17/h2-11,15H,12-14H2,1H3,(H,22,23)/t15-/m1/s1. The summed E-state index contributed by atoms with van der Waals surface area (Å²) in [5.41, 5.74) is 1.04. The number of amides is 1. The molecule has 1 heterocycles. The van der Waals surface area contributed by atoms with Crippen LogP contribution in [0.5, 0.6) is 0 Å². The Balaban J connectivity index is 1.45. The van der Waals surface area contributed by atoms with E-state index >= 15 is 0 Å². The van der Waals surface area contributed by atoms with Crippen molar-refractivity contribution in [1.82, 2.24) is 5.32 Å². The zero-order chi connectivity index (χ0) is 19.1. The van der Waals surface area contributed by atoms with Crippen molar-refractivity contribution < 1.29 is 14.3 Å². The van der Waals surface area contributed by atoms with Crippen molar-refractivity contribution in [2.75, 3.05) is 12.4 Å². The minimum atomic E-state index is -0.371. The predicted octanol–water partition coefficient (Wildman–Crippen LogP) is 4.56. The Kier molecular flexibility index (Phi) is 6.90. The van der Waals surface area contributed by atoms with Crippen molar-refractivity contribution in [2.45, 2.75) is 18.7 Å². The van der Waals surface area contributed by atoms with Gasteiger partial charge in [-0.2, -0.15) is 0 Å². The van der Waals surface area contributed by atoms with E-state index in [1.54, 1.807) is 11.3 Å². The van der Waals surface area contributed by atoms with E-state index in [-0.39, 0.29) is 30.3 Å². The normalized spacial score (nSPS) is 11.9. The van der Waals surface area contributed by atoms with E-state index in [9.17, 15) is 9.59 Å². The highest BCUT2D eigenvalue weighted by atomic mass is 32.2. The van der Waals surface area contributed by atoms with Gasteiger partial charge in [-0.15, -0.1) is 23.1 Å². The lowest BCUT2D eigenvalue weighted by molar-refractivity contribution is -0.146. The van der Waals surface area contributed by atoms with Crippen LogP contribution in [-0.4, -0.2) is 24.2 Å². The Bertz CT molecular complexity index is 903. The van der Waals surface area contributed by atoms with Crippen LogP contribution in [0.2, 0.25) is 0 Å². The third kappa shape index (κ3) is 5.58. The van der Waals surface area contributed by atoms with Crippen LogP contribution >= 0.6 is 23.1 Å².